The highest BCUT2D eigenvalue weighted by molar-refractivity contribution is 5.82. The van der Waals surface area contributed by atoms with E-state index < -0.39 is 12.1 Å². The van der Waals surface area contributed by atoms with Crippen molar-refractivity contribution in [3.63, 3.8) is 0 Å². The van der Waals surface area contributed by atoms with Gasteiger partial charge in [-0.3, -0.25) is 4.79 Å². The molecule has 24 heavy (non-hydrogen) atoms. The summed E-state index contributed by atoms with van der Waals surface area (Å²) >= 11 is 0. The van der Waals surface area contributed by atoms with Crippen LogP contribution in [0.4, 0.5) is 0 Å². The minimum Gasteiger partial charge on any atom is -0.454 e. The molecule has 1 amide bonds. The lowest BCUT2D eigenvalue weighted by Crippen LogP contribution is -2.56. The van der Waals surface area contributed by atoms with Crippen LogP contribution in [0.1, 0.15) is 58.3 Å². The van der Waals surface area contributed by atoms with Gasteiger partial charge in [0.15, 0.2) is 12.7 Å². The van der Waals surface area contributed by atoms with Crippen molar-refractivity contribution in [3.8, 4) is 0 Å². The highest BCUT2D eigenvalue weighted by Gasteiger charge is 2.53. The Morgan fingerprint density at radius 3 is 2.33 bits per heavy atom. The summed E-state index contributed by atoms with van der Waals surface area (Å²) in [5, 5.41) is 3.13. The summed E-state index contributed by atoms with van der Waals surface area (Å²) in [6.45, 7) is 2.57. The number of hydrogen-bond acceptors (Lipinski definition) is 4. The van der Waals surface area contributed by atoms with Gasteiger partial charge >= 0.3 is 5.97 Å². The molecule has 0 aromatic heterocycles. The van der Waals surface area contributed by atoms with E-state index in [1.165, 1.54) is 38.5 Å². The monoisotopic (exact) mass is 335 g/mol. The van der Waals surface area contributed by atoms with E-state index in [1.54, 1.807) is 0 Å². The van der Waals surface area contributed by atoms with E-state index >= 15 is 0 Å². The molecule has 4 bridgehead atoms. The van der Waals surface area contributed by atoms with Crippen molar-refractivity contribution in [3.05, 3.63) is 0 Å². The standard InChI is InChI=1S/C19H29NO4/c1-12(19-8-13-5-14(9-19)7-15(6-13)10-19)20-17(21)11-24-18(22)16-3-2-4-23-16/h12-16H,2-11H2,1H3,(H,20,21)/t12-,13?,14?,15?,16+,19?/m1/s1. The quantitative estimate of drug-likeness (QED) is 0.784. The second-order valence-corrected chi connectivity index (χ2v) is 8.68. The molecular weight excluding hydrogens is 306 g/mol. The fourth-order valence-electron chi connectivity index (χ4n) is 6.14. The number of carbonyl (C=O) groups excluding carboxylic acids is 2. The molecule has 4 aliphatic carbocycles. The molecule has 5 nitrogen and oxygen atoms in total. The number of rotatable bonds is 5. The van der Waals surface area contributed by atoms with E-state index in [4.69, 9.17) is 9.47 Å². The molecule has 5 fully saturated rings. The van der Waals surface area contributed by atoms with Gasteiger partial charge in [0.25, 0.3) is 5.91 Å². The predicted molar refractivity (Wildman–Crippen MR) is 88.1 cm³/mol. The molecule has 0 aromatic carbocycles. The van der Waals surface area contributed by atoms with Crippen LogP contribution in [-0.4, -0.2) is 37.2 Å². The van der Waals surface area contributed by atoms with Crippen LogP contribution in [0.15, 0.2) is 0 Å². The zero-order valence-corrected chi connectivity index (χ0v) is 14.6. The predicted octanol–water partition coefficient (Wildman–Crippen LogP) is 2.43. The Hall–Kier alpha value is -1.10. The van der Waals surface area contributed by atoms with Crippen LogP contribution in [-0.2, 0) is 19.1 Å². The van der Waals surface area contributed by atoms with Crippen molar-refractivity contribution in [2.45, 2.75) is 70.4 Å². The molecule has 2 atom stereocenters. The Balaban J connectivity index is 1.28. The van der Waals surface area contributed by atoms with Gasteiger partial charge in [-0.25, -0.2) is 4.79 Å². The largest absolute Gasteiger partial charge is 0.454 e. The lowest BCUT2D eigenvalue weighted by molar-refractivity contribution is -0.158. The molecule has 5 aliphatic rings. The fraction of sp³-hybridized carbons (Fsp3) is 0.895. The van der Waals surface area contributed by atoms with E-state index in [1.807, 2.05) is 0 Å². The highest BCUT2D eigenvalue weighted by atomic mass is 16.6. The number of amides is 1. The lowest BCUT2D eigenvalue weighted by Gasteiger charge is -2.59. The van der Waals surface area contributed by atoms with Crippen LogP contribution in [0.3, 0.4) is 0 Å². The first-order valence-corrected chi connectivity index (χ1v) is 9.62. The molecule has 0 spiro atoms. The van der Waals surface area contributed by atoms with Gasteiger partial charge in [-0.1, -0.05) is 0 Å². The van der Waals surface area contributed by atoms with Crippen molar-refractivity contribution < 1.29 is 19.1 Å². The number of esters is 1. The summed E-state index contributed by atoms with van der Waals surface area (Å²) in [4.78, 5) is 24.1. The molecule has 134 valence electrons. The Kier molecular flexibility index (Phi) is 4.31. The summed E-state index contributed by atoms with van der Waals surface area (Å²) in [6, 6.07) is 0.167. The molecule has 1 saturated heterocycles. The summed E-state index contributed by atoms with van der Waals surface area (Å²) in [7, 11) is 0. The number of nitrogens with one attached hydrogen (secondary N) is 1. The minimum atomic E-state index is -0.474. The van der Waals surface area contributed by atoms with Gasteiger partial charge in [-0.2, -0.15) is 0 Å². The van der Waals surface area contributed by atoms with Crippen molar-refractivity contribution in [1.82, 2.24) is 5.32 Å². The molecule has 1 aliphatic heterocycles. The Bertz CT molecular complexity index is 476. The number of ether oxygens (including phenoxy) is 2. The molecule has 0 radical (unpaired) electrons. The number of hydrogen-bond donors (Lipinski definition) is 1. The third-order valence-electron chi connectivity index (χ3n) is 6.92. The molecule has 1 N–H and O–H groups in total. The maximum atomic E-state index is 12.2. The second-order valence-electron chi connectivity index (χ2n) is 8.68. The van der Waals surface area contributed by atoms with Crippen molar-refractivity contribution >= 4 is 11.9 Å². The van der Waals surface area contributed by atoms with Crippen LogP contribution >= 0.6 is 0 Å². The summed E-state index contributed by atoms with van der Waals surface area (Å²) in [6.07, 6.45) is 9.09. The molecule has 5 heteroatoms. The Labute approximate surface area is 143 Å². The molecule has 4 saturated carbocycles. The van der Waals surface area contributed by atoms with Gasteiger partial charge in [-0.05, 0) is 81.5 Å². The highest BCUT2D eigenvalue weighted by Crippen LogP contribution is 2.61. The van der Waals surface area contributed by atoms with Crippen molar-refractivity contribution in [2.24, 2.45) is 23.2 Å². The smallest absolute Gasteiger partial charge is 0.335 e. The number of carbonyl (C=O) groups is 2. The Morgan fingerprint density at radius 1 is 1.17 bits per heavy atom. The van der Waals surface area contributed by atoms with E-state index in [2.05, 4.69) is 12.2 Å². The van der Waals surface area contributed by atoms with Gasteiger partial charge in [0.2, 0.25) is 0 Å². The first-order valence-electron chi connectivity index (χ1n) is 9.62. The maximum Gasteiger partial charge on any atom is 0.335 e. The van der Waals surface area contributed by atoms with E-state index in [9.17, 15) is 9.59 Å². The summed E-state index contributed by atoms with van der Waals surface area (Å²) in [5.74, 6) is 2.03. The normalized spacial score (nSPS) is 41.2. The lowest BCUT2D eigenvalue weighted by atomic mass is 9.48. The second kappa shape index (κ2) is 6.32. The third kappa shape index (κ3) is 3.07. The SMILES string of the molecule is C[C@@H](NC(=O)COC(=O)[C@@H]1CCCO1)C12CC3CC(CC(C3)C1)C2. The van der Waals surface area contributed by atoms with Crippen LogP contribution in [0.2, 0.25) is 0 Å². The fourth-order valence-corrected chi connectivity index (χ4v) is 6.14. The zero-order chi connectivity index (χ0) is 16.7. The van der Waals surface area contributed by atoms with E-state index in [0.29, 0.717) is 13.0 Å². The molecular formula is C19H29NO4. The van der Waals surface area contributed by atoms with Gasteiger partial charge in [0.05, 0.1) is 0 Å². The first-order chi connectivity index (χ1) is 11.5. The van der Waals surface area contributed by atoms with Gasteiger partial charge in [0.1, 0.15) is 0 Å². The maximum absolute atomic E-state index is 12.2. The Morgan fingerprint density at radius 2 is 1.79 bits per heavy atom. The first kappa shape index (κ1) is 16.4. The minimum absolute atomic E-state index is 0.167. The van der Waals surface area contributed by atoms with Crippen LogP contribution in [0.25, 0.3) is 0 Å². The molecule has 0 aromatic rings. The van der Waals surface area contributed by atoms with Gasteiger partial charge in [-0.15, -0.1) is 0 Å². The van der Waals surface area contributed by atoms with Crippen LogP contribution in [0.5, 0.6) is 0 Å². The molecule has 5 rings (SSSR count). The summed E-state index contributed by atoms with van der Waals surface area (Å²) in [5.41, 5.74) is 0.281. The van der Waals surface area contributed by atoms with Gasteiger partial charge < -0.3 is 14.8 Å². The average molecular weight is 335 g/mol. The summed E-state index contributed by atoms with van der Waals surface area (Å²) < 4.78 is 10.4. The van der Waals surface area contributed by atoms with E-state index in [-0.39, 0.29) is 24.0 Å². The van der Waals surface area contributed by atoms with Crippen molar-refractivity contribution in [1.29, 1.82) is 0 Å². The van der Waals surface area contributed by atoms with E-state index in [0.717, 1.165) is 24.2 Å². The van der Waals surface area contributed by atoms with Gasteiger partial charge in [0, 0.05) is 12.6 Å². The molecule has 0 unspecified atom stereocenters. The zero-order valence-electron chi connectivity index (χ0n) is 14.6. The van der Waals surface area contributed by atoms with Crippen molar-refractivity contribution in [2.75, 3.05) is 13.2 Å². The molecule has 1 heterocycles. The van der Waals surface area contributed by atoms with Crippen LogP contribution in [0, 0.1) is 23.2 Å². The van der Waals surface area contributed by atoms with Crippen LogP contribution < -0.4 is 5.32 Å². The third-order valence-corrected chi connectivity index (χ3v) is 6.92. The average Bonchev–Trinajstić information content (AvgIpc) is 3.05. The topological polar surface area (TPSA) is 64.6 Å².